The van der Waals surface area contributed by atoms with Gasteiger partial charge in [0.15, 0.2) is 0 Å². The standard InChI is InChI=1S/C12H15NO/c1-8(2)12(14)13-11-6-5-9(3)10(4)7-11/h5-7H,1H2,2-4H3,(H,13,14). The Morgan fingerprint density at radius 2 is 1.93 bits per heavy atom. The summed E-state index contributed by atoms with van der Waals surface area (Å²) < 4.78 is 0. The molecule has 1 aromatic carbocycles. The van der Waals surface area contributed by atoms with Crippen LogP contribution in [-0.4, -0.2) is 5.91 Å². The van der Waals surface area contributed by atoms with E-state index < -0.39 is 0 Å². The third-order valence-corrected chi connectivity index (χ3v) is 2.15. The molecule has 0 bridgehead atoms. The number of hydrogen-bond acceptors (Lipinski definition) is 1. The third kappa shape index (κ3) is 2.46. The molecular weight excluding hydrogens is 174 g/mol. The number of aryl methyl sites for hydroxylation is 2. The molecule has 0 saturated carbocycles. The Morgan fingerprint density at radius 3 is 2.43 bits per heavy atom. The van der Waals surface area contributed by atoms with Gasteiger partial charge in [-0.1, -0.05) is 12.6 Å². The smallest absolute Gasteiger partial charge is 0.250 e. The average Bonchev–Trinajstić information content (AvgIpc) is 2.11. The van der Waals surface area contributed by atoms with Gasteiger partial charge in [-0.2, -0.15) is 0 Å². The summed E-state index contributed by atoms with van der Waals surface area (Å²) in [6.07, 6.45) is 0. The largest absolute Gasteiger partial charge is 0.322 e. The number of anilines is 1. The molecule has 1 N–H and O–H groups in total. The summed E-state index contributed by atoms with van der Waals surface area (Å²) in [7, 11) is 0. The molecule has 0 aliphatic rings. The van der Waals surface area contributed by atoms with Crippen LogP contribution in [0.5, 0.6) is 0 Å². The van der Waals surface area contributed by atoms with Crippen LogP contribution in [0.4, 0.5) is 5.69 Å². The van der Waals surface area contributed by atoms with Crippen LogP contribution in [0.2, 0.25) is 0 Å². The van der Waals surface area contributed by atoms with Gasteiger partial charge in [-0.25, -0.2) is 0 Å². The van der Waals surface area contributed by atoms with Gasteiger partial charge in [0, 0.05) is 11.3 Å². The van der Waals surface area contributed by atoms with E-state index >= 15 is 0 Å². The van der Waals surface area contributed by atoms with Crippen LogP contribution in [-0.2, 0) is 4.79 Å². The lowest BCUT2D eigenvalue weighted by atomic mass is 10.1. The first-order chi connectivity index (χ1) is 6.50. The predicted octanol–water partition coefficient (Wildman–Crippen LogP) is 2.82. The van der Waals surface area contributed by atoms with Gasteiger partial charge in [-0.3, -0.25) is 4.79 Å². The molecule has 0 heterocycles. The summed E-state index contributed by atoms with van der Waals surface area (Å²) in [5.41, 5.74) is 3.73. The molecule has 0 atom stereocenters. The van der Waals surface area contributed by atoms with Crippen molar-refractivity contribution in [3.63, 3.8) is 0 Å². The normalized spacial score (nSPS) is 9.64. The Labute approximate surface area is 84.6 Å². The molecule has 1 aromatic rings. The second-order valence-corrected chi connectivity index (χ2v) is 3.53. The Hall–Kier alpha value is -1.57. The fraction of sp³-hybridized carbons (Fsp3) is 0.250. The molecule has 0 aliphatic heterocycles. The lowest BCUT2D eigenvalue weighted by molar-refractivity contribution is -0.112. The number of nitrogens with one attached hydrogen (secondary N) is 1. The van der Waals surface area contributed by atoms with Gasteiger partial charge in [0.1, 0.15) is 0 Å². The molecule has 1 amide bonds. The maximum absolute atomic E-state index is 11.3. The van der Waals surface area contributed by atoms with Crippen molar-refractivity contribution in [3.8, 4) is 0 Å². The molecule has 0 fully saturated rings. The number of carbonyl (C=O) groups is 1. The fourth-order valence-corrected chi connectivity index (χ4v) is 1.06. The third-order valence-electron chi connectivity index (χ3n) is 2.15. The Kier molecular flexibility index (Phi) is 3.07. The molecule has 0 aromatic heterocycles. The lowest BCUT2D eigenvalue weighted by Gasteiger charge is -2.06. The highest BCUT2D eigenvalue weighted by Gasteiger charge is 2.02. The maximum Gasteiger partial charge on any atom is 0.250 e. The molecule has 2 nitrogen and oxygen atoms in total. The highest BCUT2D eigenvalue weighted by Crippen LogP contribution is 2.14. The minimum atomic E-state index is -0.131. The number of rotatable bonds is 2. The predicted molar refractivity (Wildman–Crippen MR) is 59.4 cm³/mol. The van der Waals surface area contributed by atoms with Crippen LogP contribution < -0.4 is 5.32 Å². The summed E-state index contributed by atoms with van der Waals surface area (Å²) in [4.78, 5) is 11.3. The van der Waals surface area contributed by atoms with Crippen molar-refractivity contribution >= 4 is 11.6 Å². The van der Waals surface area contributed by atoms with E-state index in [1.807, 2.05) is 32.0 Å². The molecule has 0 aliphatic carbocycles. The van der Waals surface area contributed by atoms with Gasteiger partial charge in [-0.15, -0.1) is 0 Å². The van der Waals surface area contributed by atoms with Gasteiger partial charge >= 0.3 is 0 Å². The molecule has 2 heteroatoms. The monoisotopic (exact) mass is 189 g/mol. The van der Waals surface area contributed by atoms with E-state index in [1.165, 1.54) is 11.1 Å². The van der Waals surface area contributed by atoms with Gasteiger partial charge in [0.05, 0.1) is 0 Å². The summed E-state index contributed by atoms with van der Waals surface area (Å²) in [6.45, 7) is 9.33. The van der Waals surface area contributed by atoms with Gasteiger partial charge in [0.25, 0.3) is 5.91 Å². The van der Waals surface area contributed by atoms with Crippen LogP contribution in [0.3, 0.4) is 0 Å². The van der Waals surface area contributed by atoms with Crippen LogP contribution in [0.15, 0.2) is 30.4 Å². The Morgan fingerprint density at radius 1 is 1.29 bits per heavy atom. The van der Waals surface area contributed by atoms with Crippen molar-refractivity contribution < 1.29 is 4.79 Å². The second kappa shape index (κ2) is 4.09. The fourth-order valence-electron chi connectivity index (χ4n) is 1.06. The summed E-state index contributed by atoms with van der Waals surface area (Å²) in [5.74, 6) is -0.131. The summed E-state index contributed by atoms with van der Waals surface area (Å²) >= 11 is 0. The molecule has 0 saturated heterocycles. The Balaban J connectivity index is 2.83. The number of amides is 1. The van der Waals surface area contributed by atoms with Crippen LogP contribution in [0.1, 0.15) is 18.1 Å². The van der Waals surface area contributed by atoms with E-state index in [9.17, 15) is 4.79 Å². The van der Waals surface area contributed by atoms with Gasteiger partial charge < -0.3 is 5.32 Å². The van der Waals surface area contributed by atoms with Crippen molar-refractivity contribution in [2.75, 3.05) is 5.32 Å². The number of benzene rings is 1. The first-order valence-electron chi connectivity index (χ1n) is 4.55. The quantitative estimate of drug-likeness (QED) is 0.712. The van der Waals surface area contributed by atoms with E-state index in [0.29, 0.717) is 5.57 Å². The zero-order chi connectivity index (χ0) is 10.7. The van der Waals surface area contributed by atoms with Crippen molar-refractivity contribution in [1.29, 1.82) is 0 Å². The first kappa shape index (κ1) is 10.5. The molecule has 0 radical (unpaired) electrons. The summed E-state index contributed by atoms with van der Waals surface area (Å²) in [5, 5.41) is 2.77. The topological polar surface area (TPSA) is 29.1 Å². The van der Waals surface area contributed by atoms with E-state index in [0.717, 1.165) is 5.69 Å². The SMILES string of the molecule is C=C(C)C(=O)Nc1ccc(C)c(C)c1. The average molecular weight is 189 g/mol. The molecule has 14 heavy (non-hydrogen) atoms. The Bertz CT molecular complexity index is 380. The second-order valence-electron chi connectivity index (χ2n) is 3.53. The molecule has 0 unspecified atom stereocenters. The van der Waals surface area contributed by atoms with Crippen LogP contribution >= 0.6 is 0 Å². The maximum atomic E-state index is 11.3. The van der Waals surface area contributed by atoms with Crippen molar-refractivity contribution in [1.82, 2.24) is 0 Å². The zero-order valence-corrected chi connectivity index (χ0v) is 8.85. The van der Waals surface area contributed by atoms with Gasteiger partial charge in [0.2, 0.25) is 0 Å². The number of hydrogen-bond donors (Lipinski definition) is 1. The first-order valence-corrected chi connectivity index (χ1v) is 4.55. The highest BCUT2D eigenvalue weighted by atomic mass is 16.1. The molecule has 74 valence electrons. The van der Waals surface area contributed by atoms with Crippen molar-refractivity contribution in [2.45, 2.75) is 20.8 Å². The van der Waals surface area contributed by atoms with Crippen molar-refractivity contribution in [3.05, 3.63) is 41.5 Å². The molecule has 0 spiro atoms. The lowest BCUT2D eigenvalue weighted by Crippen LogP contribution is -2.11. The molecular formula is C12H15NO. The van der Waals surface area contributed by atoms with E-state index in [1.54, 1.807) is 6.92 Å². The van der Waals surface area contributed by atoms with E-state index in [2.05, 4.69) is 11.9 Å². The molecule has 1 rings (SSSR count). The number of carbonyl (C=O) groups excluding carboxylic acids is 1. The van der Waals surface area contributed by atoms with Gasteiger partial charge in [-0.05, 0) is 44.0 Å². The zero-order valence-electron chi connectivity index (χ0n) is 8.85. The van der Waals surface area contributed by atoms with E-state index in [-0.39, 0.29) is 5.91 Å². The van der Waals surface area contributed by atoms with Crippen molar-refractivity contribution in [2.24, 2.45) is 0 Å². The highest BCUT2D eigenvalue weighted by molar-refractivity contribution is 6.02. The minimum Gasteiger partial charge on any atom is -0.322 e. The summed E-state index contributed by atoms with van der Waals surface area (Å²) in [6, 6.07) is 5.84. The minimum absolute atomic E-state index is 0.131. The van der Waals surface area contributed by atoms with Crippen LogP contribution in [0, 0.1) is 13.8 Å². The van der Waals surface area contributed by atoms with Crippen LogP contribution in [0.25, 0.3) is 0 Å². The van der Waals surface area contributed by atoms with E-state index in [4.69, 9.17) is 0 Å².